The van der Waals surface area contributed by atoms with Crippen molar-refractivity contribution in [1.29, 1.82) is 0 Å². The normalized spacial score (nSPS) is 21.0. The van der Waals surface area contributed by atoms with E-state index in [1.807, 2.05) is 6.07 Å². The number of nitrogens with zero attached hydrogens (tertiary/aromatic N) is 1. The number of halogens is 2. The summed E-state index contributed by atoms with van der Waals surface area (Å²) < 4.78 is 14.0. The molecule has 0 amide bonds. The molecule has 1 N–H and O–H groups in total. The highest BCUT2D eigenvalue weighted by molar-refractivity contribution is 9.10. The van der Waals surface area contributed by atoms with E-state index in [-0.39, 0.29) is 12.4 Å². The highest BCUT2D eigenvalue weighted by Gasteiger charge is 2.21. The second-order valence-corrected chi connectivity index (χ2v) is 5.60. The van der Waals surface area contributed by atoms with Crippen LogP contribution < -0.4 is 0 Å². The molecule has 1 aliphatic rings. The summed E-state index contributed by atoms with van der Waals surface area (Å²) in [6.45, 7) is 3.11. The van der Waals surface area contributed by atoms with Crippen LogP contribution in [0.15, 0.2) is 22.7 Å². The molecule has 0 unspecified atom stereocenters. The molecule has 1 fully saturated rings. The first-order valence-corrected chi connectivity index (χ1v) is 6.75. The Morgan fingerprint density at radius 1 is 1.41 bits per heavy atom. The Balaban J connectivity index is 1.93. The quantitative estimate of drug-likeness (QED) is 0.924. The van der Waals surface area contributed by atoms with Crippen molar-refractivity contribution in [2.45, 2.75) is 19.4 Å². The lowest BCUT2D eigenvalue weighted by Crippen LogP contribution is -2.20. The zero-order valence-electron chi connectivity index (χ0n) is 9.70. The molecule has 1 aliphatic heterocycles. The van der Waals surface area contributed by atoms with E-state index in [1.165, 1.54) is 6.07 Å². The van der Waals surface area contributed by atoms with Gasteiger partial charge in [0.25, 0.3) is 0 Å². The van der Waals surface area contributed by atoms with Crippen molar-refractivity contribution in [3.63, 3.8) is 0 Å². The van der Waals surface area contributed by atoms with Gasteiger partial charge in [-0.3, -0.25) is 4.90 Å². The first kappa shape index (κ1) is 13.0. The molecule has 4 heteroatoms. The highest BCUT2D eigenvalue weighted by atomic mass is 79.9. The first-order valence-electron chi connectivity index (χ1n) is 5.95. The molecule has 1 aromatic rings. The van der Waals surface area contributed by atoms with Crippen LogP contribution in [-0.2, 0) is 6.54 Å². The average Bonchev–Trinajstić information content (AvgIpc) is 2.64. The lowest BCUT2D eigenvalue weighted by molar-refractivity contribution is 0.249. The SMILES string of the molecule is OCC[C@@H]1CCN(Cc2cc(F)cc(Br)c2)C1. The predicted molar refractivity (Wildman–Crippen MR) is 69.2 cm³/mol. The van der Waals surface area contributed by atoms with Gasteiger partial charge >= 0.3 is 0 Å². The first-order chi connectivity index (χ1) is 8.17. The van der Waals surface area contributed by atoms with Crippen LogP contribution in [-0.4, -0.2) is 29.7 Å². The monoisotopic (exact) mass is 301 g/mol. The maximum absolute atomic E-state index is 13.2. The predicted octanol–water partition coefficient (Wildman–Crippen LogP) is 2.79. The van der Waals surface area contributed by atoms with E-state index >= 15 is 0 Å². The summed E-state index contributed by atoms with van der Waals surface area (Å²) in [6, 6.07) is 5.02. The molecule has 0 aliphatic carbocycles. The minimum absolute atomic E-state index is 0.194. The van der Waals surface area contributed by atoms with Gasteiger partial charge in [0.1, 0.15) is 5.82 Å². The fraction of sp³-hybridized carbons (Fsp3) is 0.538. The molecule has 1 aromatic carbocycles. The van der Waals surface area contributed by atoms with Gasteiger partial charge in [0.05, 0.1) is 0 Å². The van der Waals surface area contributed by atoms with Crippen LogP contribution in [0, 0.1) is 11.7 Å². The Morgan fingerprint density at radius 2 is 2.24 bits per heavy atom. The number of benzene rings is 1. The number of likely N-dealkylation sites (tertiary alicyclic amines) is 1. The second kappa shape index (κ2) is 5.94. The molecule has 94 valence electrons. The van der Waals surface area contributed by atoms with Crippen LogP contribution in [0.3, 0.4) is 0 Å². The summed E-state index contributed by atoms with van der Waals surface area (Å²) in [6.07, 6.45) is 2.01. The molecule has 0 spiro atoms. The van der Waals surface area contributed by atoms with Gasteiger partial charge < -0.3 is 5.11 Å². The molecule has 1 heterocycles. The van der Waals surface area contributed by atoms with Gasteiger partial charge in [0, 0.05) is 24.2 Å². The van der Waals surface area contributed by atoms with E-state index in [1.54, 1.807) is 6.07 Å². The molecule has 1 atom stereocenters. The van der Waals surface area contributed by atoms with Gasteiger partial charge in [-0.05, 0) is 49.1 Å². The Bertz CT molecular complexity index is 365. The third kappa shape index (κ3) is 3.76. The zero-order chi connectivity index (χ0) is 12.3. The van der Waals surface area contributed by atoms with E-state index in [9.17, 15) is 4.39 Å². The van der Waals surface area contributed by atoms with Crippen LogP contribution in [0.25, 0.3) is 0 Å². The van der Waals surface area contributed by atoms with Crippen molar-refractivity contribution in [2.75, 3.05) is 19.7 Å². The lowest BCUT2D eigenvalue weighted by Gasteiger charge is -2.16. The summed E-state index contributed by atoms with van der Waals surface area (Å²) in [7, 11) is 0. The van der Waals surface area contributed by atoms with Gasteiger partial charge in [-0.1, -0.05) is 15.9 Å². The fourth-order valence-corrected chi connectivity index (χ4v) is 2.95. The largest absolute Gasteiger partial charge is 0.396 e. The lowest BCUT2D eigenvalue weighted by atomic mass is 10.1. The smallest absolute Gasteiger partial charge is 0.124 e. The topological polar surface area (TPSA) is 23.5 Å². The Labute approximate surface area is 110 Å². The summed E-state index contributed by atoms with van der Waals surface area (Å²) in [5.41, 5.74) is 1.00. The molecule has 1 saturated heterocycles. The van der Waals surface area contributed by atoms with Crippen molar-refractivity contribution >= 4 is 15.9 Å². The van der Waals surface area contributed by atoms with Crippen LogP contribution in [0.5, 0.6) is 0 Å². The highest BCUT2D eigenvalue weighted by Crippen LogP contribution is 2.22. The molecule has 0 bridgehead atoms. The van der Waals surface area contributed by atoms with Gasteiger partial charge in [-0.25, -0.2) is 4.39 Å². The molecular weight excluding hydrogens is 285 g/mol. The summed E-state index contributed by atoms with van der Waals surface area (Å²) in [5.74, 6) is 0.400. The van der Waals surface area contributed by atoms with Crippen molar-refractivity contribution in [1.82, 2.24) is 4.90 Å². The zero-order valence-corrected chi connectivity index (χ0v) is 11.3. The van der Waals surface area contributed by atoms with Crippen molar-refractivity contribution in [2.24, 2.45) is 5.92 Å². The average molecular weight is 302 g/mol. The molecule has 0 radical (unpaired) electrons. The van der Waals surface area contributed by atoms with Gasteiger partial charge in [0.15, 0.2) is 0 Å². The minimum atomic E-state index is -0.194. The van der Waals surface area contributed by atoms with E-state index in [0.29, 0.717) is 5.92 Å². The van der Waals surface area contributed by atoms with Crippen molar-refractivity contribution in [3.8, 4) is 0 Å². The summed E-state index contributed by atoms with van der Waals surface area (Å²) in [4.78, 5) is 2.32. The summed E-state index contributed by atoms with van der Waals surface area (Å²) >= 11 is 3.31. The summed E-state index contributed by atoms with van der Waals surface area (Å²) in [5, 5.41) is 8.90. The van der Waals surface area contributed by atoms with Crippen molar-refractivity contribution in [3.05, 3.63) is 34.1 Å². The standard InChI is InChI=1S/C13H17BrFNO/c14-12-5-11(6-13(15)7-12)9-16-3-1-10(8-16)2-4-17/h5-7,10,17H,1-4,8-9H2/t10-/m0/s1. The molecule has 2 rings (SSSR count). The van der Waals surface area contributed by atoms with E-state index in [2.05, 4.69) is 20.8 Å². The number of aliphatic hydroxyl groups excluding tert-OH is 1. The molecule has 2 nitrogen and oxygen atoms in total. The minimum Gasteiger partial charge on any atom is -0.396 e. The van der Waals surface area contributed by atoms with Gasteiger partial charge in [-0.15, -0.1) is 0 Å². The number of hydrogen-bond acceptors (Lipinski definition) is 2. The Morgan fingerprint density at radius 3 is 2.94 bits per heavy atom. The van der Waals surface area contributed by atoms with E-state index < -0.39 is 0 Å². The van der Waals surface area contributed by atoms with Crippen LogP contribution in [0.1, 0.15) is 18.4 Å². The van der Waals surface area contributed by atoms with Crippen molar-refractivity contribution < 1.29 is 9.50 Å². The van der Waals surface area contributed by atoms with Gasteiger partial charge in [0.2, 0.25) is 0 Å². The molecule has 0 aromatic heterocycles. The third-order valence-electron chi connectivity index (χ3n) is 3.24. The molecule has 17 heavy (non-hydrogen) atoms. The van der Waals surface area contributed by atoms with Crippen LogP contribution in [0.4, 0.5) is 4.39 Å². The second-order valence-electron chi connectivity index (χ2n) is 4.68. The van der Waals surface area contributed by atoms with E-state index in [4.69, 9.17) is 5.11 Å². The fourth-order valence-electron chi connectivity index (χ4n) is 2.44. The Hall–Kier alpha value is -0.450. The third-order valence-corrected chi connectivity index (χ3v) is 3.69. The molecule has 0 saturated carbocycles. The Kier molecular flexibility index (Phi) is 4.54. The van der Waals surface area contributed by atoms with Gasteiger partial charge in [-0.2, -0.15) is 0 Å². The number of hydrogen-bond donors (Lipinski definition) is 1. The number of aliphatic hydroxyl groups is 1. The molecular formula is C13H17BrFNO. The van der Waals surface area contributed by atoms with E-state index in [0.717, 1.165) is 42.5 Å². The maximum atomic E-state index is 13.2. The van der Waals surface area contributed by atoms with Crippen LogP contribution >= 0.6 is 15.9 Å². The number of rotatable bonds is 4. The van der Waals surface area contributed by atoms with Crippen LogP contribution in [0.2, 0.25) is 0 Å². The maximum Gasteiger partial charge on any atom is 0.124 e.